The van der Waals surface area contributed by atoms with Gasteiger partial charge in [-0.1, -0.05) is 18.2 Å². The largest absolute Gasteiger partial charge is 0.492 e. The van der Waals surface area contributed by atoms with Crippen molar-refractivity contribution >= 4 is 5.78 Å². The van der Waals surface area contributed by atoms with Crippen molar-refractivity contribution in [2.45, 2.75) is 6.42 Å². The van der Waals surface area contributed by atoms with Crippen LogP contribution in [-0.2, 0) is 0 Å². The molecule has 90 valence electrons. The summed E-state index contributed by atoms with van der Waals surface area (Å²) in [5.41, 5.74) is 0.606. The Labute approximate surface area is 105 Å². The number of carbonyl (C=O) groups excluding carboxylic acids is 1. The highest BCUT2D eigenvalue weighted by Gasteiger charge is 2.18. The minimum Gasteiger partial charge on any atom is -0.492 e. The van der Waals surface area contributed by atoms with Gasteiger partial charge in [-0.05, 0) is 30.3 Å². The number of hydrogen-bond acceptors (Lipinski definition) is 3. The molecule has 1 aliphatic rings. The molecular weight excluding hydrogens is 228 g/mol. The minimum absolute atomic E-state index is 0.106. The topological polar surface area (TPSA) is 35.5 Å². The van der Waals surface area contributed by atoms with Crippen molar-refractivity contribution in [2.75, 3.05) is 6.61 Å². The predicted octanol–water partition coefficient (Wildman–Crippen LogP) is 3.44. The van der Waals surface area contributed by atoms with Crippen molar-refractivity contribution in [3.63, 3.8) is 0 Å². The maximum absolute atomic E-state index is 11.8. The van der Waals surface area contributed by atoms with Gasteiger partial charge in [0.1, 0.15) is 17.2 Å². The molecule has 1 heterocycles. The highest BCUT2D eigenvalue weighted by atomic mass is 16.5. The fourth-order valence-electron chi connectivity index (χ4n) is 1.93. The molecule has 0 spiro atoms. The van der Waals surface area contributed by atoms with Gasteiger partial charge in [0, 0.05) is 6.42 Å². The molecule has 0 unspecified atom stereocenters. The second-order valence-electron chi connectivity index (χ2n) is 4.09. The van der Waals surface area contributed by atoms with Crippen LogP contribution in [0.3, 0.4) is 0 Å². The number of ketones is 1. The molecule has 0 saturated carbocycles. The molecule has 0 atom stereocenters. The van der Waals surface area contributed by atoms with Crippen molar-refractivity contribution < 1.29 is 14.3 Å². The summed E-state index contributed by atoms with van der Waals surface area (Å²) < 4.78 is 11.1. The van der Waals surface area contributed by atoms with Crippen LogP contribution in [0.4, 0.5) is 0 Å². The van der Waals surface area contributed by atoms with Gasteiger partial charge < -0.3 is 9.47 Å². The van der Waals surface area contributed by atoms with E-state index in [9.17, 15) is 4.79 Å². The number of para-hydroxylation sites is 1. The monoisotopic (exact) mass is 240 g/mol. The van der Waals surface area contributed by atoms with Crippen LogP contribution in [0.15, 0.2) is 48.5 Å². The van der Waals surface area contributed by atoms with E-state index in [0.29, 0.717) is 30.1 Å². The number of hydrogen-bond donors (Lipinski definition) is 0. The number of rotatable bonds is 2. The Morgan fingerprint density at radius 3 is 2.67 bits per heavy atom. The summed E-state index contributed by atoms with van der Waals surface area (Å²) in [6.45, 7) is 0.463. The average molecular weight is 240 g/mol. The first-order chi connectivity index (χ1) is 8.83. The third-order valence-corrected chi connectivity index (χ3v) is 2.82. The summed E-state index contributed by atoms with van der Waals surface area (Å²) in [4.78, 5) is 11.8. The summed E-state index contributed by atoms with van der Waals surface area (Å²) >= 11 is 0. The van der Waals surface area contributed by atoms with Gasteiger partial charge in [-0.2, -0.15) is 0 Å². The number of benzene rings is 2. The van der Waals surface area contributed by atoms with Crippen LogP contribution in [0.2, 0.25) is 0 Å². The molecule has 0 amide bonds. The van der Waals surface area contributed by atoms with Gasteiger partial charge in [0.25, 0.3) is 0 Å². The Hall–Kier alpha value is -2.29. The zero-order valence-corrected chi connectivity index (χ0v) is 9.76. The van der Waals surface area contributed by atoms with Gasteiger partial charge in [-0.15, -0.1) is 0 Å². The molecular formula is C15H12O3. The fraction of sp³-hybridized carbons (Fsp3) is 0.133. The first-order valence-electron chi connectivity index (χ1n) is 5.86. The highest BCUT2D eigenvalue weighted by molar-refractivity contribution is 6.00. The number of ether oxygens (including phenoxy) is 2. The quantitative estimate of drug-likeness (QED) is 0.806. The molecule has 0 radical (unpaired) electrons. The van der Waals surface area contributed by atoms with E-state index in [2.05, 4.69) is 0 Å². The van der Waals surface area contributed by atoms with Gasteiger partial charge >= 0.3 is 0 Å². The maximum Gasteiger partial charge on any atom is 0.170 e. The first-order valence-corrected chi connectivity index (χ1v) is 5.86. The molecule has 3 nitrogen and oxygen atoms in total. The van der Waals surface area contributed by atoms with E-state index in [1.807, 2.05) is 36.4 Å². The molecule has 18 heavy (non-hydrogen) atoms. The van der Waals surface area contributed by atoms with Crippen LogP contribution >= 0.6 is 0 Å². The Bertz CT molecular complexity index is 576. The molecule has 2 aromatic rings. The smallest absolute Gasteiger partial charge is 0.170 e. The van der Waals surface area contributed by atoms with Crippen LogP contribution in [0.25, 0.3) is 0 Å². The molecule has 3 rings (SSSR count). The van der Waals surface area contributed by atoms with Gasteiger partial charge in [0.15, 0.2) is 5.78 Å². The van der Waals surface area contributed by atoms with Crippen LogP contribution in [0, 0.1) is 0 Å². The average Bonchev–Trinajstić information content (AvgIpc) is 2.41. The normalized spacial score (nSPS) is 13.7. The Kier molecular flexibility index (Phi) is 2.73. The third kappa shape index (κ3) is 2.07. The van der Waals surface area contributed by atoms with Crippen molar-refractivity contribution in [1.82, 2.24) is 0 Å². The zero-order chi connectivity index (χ0) is 12.4. The fourth-order valence-corrected chi connectivity index (χ4v) is 1.93. The van der Waals surface area contributed by atoms with Crippen LogP contribution in [0.1, 0.15) is 16.8 Å². The lowest BCUT2D eigenvalue weighted by Gasteiger charge is -2.17. The number of carbonyl (C=O) groups is 1. The summed E-state index contributed by atoms with van der Waals surface area (Å²) in [5, 5.41) is 0. The molecule has 1 aliphatic heterocycles. The lowest BCUT2D eigenvalue weighted by Crippen LogP contribution is -2.15. The van der Waals surface area contributed by atoms with E-state index in [1.165, 1.54) is 0 Å². The summed E-state index contributed by atoms with van der Waals surface area (Å²) in [6, 6.07) is 14.8. The third-order valence-electron chi connectivity index (χ3n) is 2.82. The minimum atomic E-state index is 0.106. The van der Waals surface area contributed by atoms with E-state index < -0.39 is 0 Å². The second-order valence-corrected chi connectivity index (χ2v) is 4.09. The summed E-state index contributed by atoms with van der Waals surface area (Å²) in [5.74, 6) is 2.15. The SMILES string of the molecule is O=C1CCOc2ccc(Oc3ccccc3)cc21. The van der Waals surface area contributed by atoms with Crippen LogP contribution in [0.5, 0.6) is 17.2 Å². The molecule has 2 aromatic carbocycles. The standard InChI is InChI=1S/C15H12O3/c16-14-8-9-17-15-7-6-12(10-13(14)15)18-11-4-2-1-3-5-11/h1-7,10H,8-9H2. The first kappa shape index (κ1) is 10.8. The van der Waals surface area contributed by atoms with E-state index in [-0.39, 0.29) is 5.78 Å². The Morgan fingerprint density at radius 1 is 1.00 bits per heavy atom. The number of fused-ring (bicyclic) bond motifs is 1. The van der Waals surface area contributed by atoms with Gasteiger partial charge in [0.05, 0.1) is 12.2 Å². The Balaban J connectivity index is 1.90. The molecule has 0 fully saturated rings. The number of Topliss-reactive ketones (excluding diaryl/α,β-unsaturated/α-hetero) is 1. The summed E-state index contributed by atoms with van der Waals surface area (Å²) in [6.07, 6.45) is 0.432. The molecule has 0 aliphatic carbocycles. The van der Waals surface area contributed by atoms with E-state index in [0.717, 1.165) is 5.75 Å². The van der Waals surface area contributed by atoms with Crippen LogP contribution < -0.4 is 9.47 Å². The molecule has 0 saturated heterocycles. The predicted molar refractivity (Wildman–Crippen MR) is 67.4 cm³/mol. The van der Waals surface area contributed by atoms with Crippen molar-refractivity contribution in [1.29, 1.82) is 0 Å². The van der Waals surface area contributed by atoms with Gasteiger partial charge in [0.2, 0.25) is 0 Å². The van der Waals surface area contributed by atoms with Crippen molar-refractivity contribution in [2.24, 2.45) is 0 Å². The zero-order valence-electron chi connectivity index (χ0n) is 9.76. The van der Waals surface area contributed by atoms with Gasteiger partial charge in [-0.25, -0.2) is 0 Å². The lowest BCUT2D eigenvalue weighted by molar-refractivity contribution is 0.0933. The van der Waals surface area contributed by atoms with Crippen molar-refractivity contribution in [3.8, 4) is 17.2 Å². The van der Waals surface area contributed by atoms with Crippen molar-refractivity contribution in [3.05, 3.63) is 54.1 Å². The highest BCUT2D eigenvalue weighted by Crippen LogP contribution is 2.30. The van der Waals surface area contributed by atoms with Crippen LogP contribution in [-0.4, -0.2) is 12.4 Å². The van der Waals surface area contributed by atoms with E-state index in [1.54, 1.807) is 12.1 Å². The van der Waals surface area contributed by atoms with E-state index >= 15 is 0 Å². The van der Waals surface area contributed by atoms with Gasteiger partial charge in [-0.3, -0.25) is 4.79 Å². The van der Waals surface area contributed by atoms with E-state index in [4.69, 9.17) is 9.47 Å². The molecule has 0 N–H and O–H groups in total. The Morgan fingerprint density at radius 2 is 1.83 bits per heavy atom. The molecule has 3 heteroatoms. The summed E-state index contributed by atoms with van der Waals surface area (Å²) in [7, 11) is 0. The molecule has 0 bridgehead atoms. The lowest BCUT2D eigenvalue weighted by atomic mass is 10.0. The maximum atomic E-state index is 11.8. The second kappa shape index (κ2) is 4.53. The molecule has 0 aromatic heterocycles.